The van der Waals surface area contributed by atoms with E-state index in [1.165, 1.54) is 5.56 Å². The number of oxazole rings is 1. The summed E-state index contributed by atoms with van der Waals surface area (Å²) in [5, 5.41) is 0.702. The van der Waals surface area contributed by atoms with Gasteiger partial charge >= 0.3 is 0 Å². The molecule has 1 unspecified atom stereocenters. The number of hydrogen-bond donors (Lipinski definition) is 1. The highest BCUT2D eigenvalue weighted by molar-refractivity contribution is 7.99. The van der Waals surface area contributed by atoms with Crippen molar-refractivity contribution in [3.8, 4) is 0 Å². The van der Waals surface area contributed by atoms with Gasteiger partial charge in [-0.3, -0.25) is 0 Å². The third-order valence-electron chi connectivity index (χ3n) is 2.87. The summed E-state index contributed by atoms with van der Waals surface area (Å²) in [6.45, 7) is 5.94. The first-order valence-corrected chi connectivity index (χ1v) is 6.94. The molecule has 1 heterocycles. The maximum absolute atomic E-state index is 6.17. The molecule has 1 atom stereocenters. The van der Waals surface area contributed by atoms with Crippen LogP contribution in [0.1, 0.15) is 28.6 Å². The molecule has 0 saturated heterocycles. The molecular formula is C14H18N2OS. The summed E-state index contributed by atoms with van der Waals surface area (Å²) in [6, 6.07) is 8.29. The number of aryl methyl sites for hydroxylation is 3. The summed E-state index contributed by atoms with van der Waals surface area (Å²) in [5.41, 5.74) is 9.50. The maximum atomic E-state index is 6.17. The van der Waals surface area contributed by atoms with Gasteiger partial charge in [-0.1, -0.05) is 41.6 Å². The zero-order valence-corrected chi connectivity index (χ0v) is 11.8. The monoisotopic (exact) mass is 262 g/mol. The SMILES string of the molecule is Cc1cccc(C(N)CSc2nc(C)c(C)o2)c1. The molecule has 0 saturated carbocycles. The Labute approximate surface area is 112 Å². The summed E-state index contributed by atoms with van der Waals surface area (Å²) in [7, 11) is 0. The predicted octanol–water partition coefficient (Wildman–Crippen LogP) is 3.39. The number of hydrogen-bond acceptors (Lipinski definition) is 4. The lowest BCUT2D eigenvalue weighted by atomic mass is 10.1. The van der Waals surface area contributed by atoms with E-state index in [-0.39, 0.29) is 6.04 Å². The number of nitrogens with zero attached hydrogens (tertiary/aromatic N) is 1. The molecule has 0 amide bonds. The van der Waals surface area contributed by atoms with Gasteiger partial charge in [-0.05, 0) is 26.3 Å². The lowest BCUT2D eigenvalue weighted by Crippen LogP contribution is -2.13. The molecule has 18 heavy (non-hydrogen) atoms. The van der Waals surface area contributed by atoms with E-state index in [4.69, 9.17) is 10.2 Å². The first kappa shape index (κ1) is 13.2. The van der Waals surface area contributed by atoms with Crippen molar-refractivity contribution in [3.63, 3.8) is 0 Å². The van der Waals surface area contributed by atoms with E-state index in [0.717, 1.165) is 22.8 Å². The van der Waals surface area contributed by atoms with E-state index in [9.17, 15) is 0 Å². The van der Waals surface area contributed by atoms with Crippen molar-refractivity contribution in [2.75, 3.05) is 5.75 Å². The minimum atomic E-state index is 0.00223. The van der Waals surface area contributed by atoms with Crippen molar-refractivity contribution in [1.82, 2.24) is 4.98 Å². The van der Waals surface area contributed by atoms with Crippen molar-refractivity contribution >= 4 is 11.8 Å². The fourth-order valence-corrected chi connectivity index (χ4v) is 2.56. The Kier molecular flexibility index (Phi) is 4.09. The molecule has 0 aliphatic carbocycles. The molecule has 2 N–H and O–H groups in total. The average molecular weight is 262 g/mol. The van der Waals surface area contributed by atoms with Crippen molar-refractivity contribution in [2.24, 2.45) is 5.73 Å². The minimum absolute atomic E-state index is 0.00223. The van der Waals surface area contributed by atoms with E-state index < -0.39 is 0 Å². The lowest BCUT2D eigenvalue weighted by Gasteiger charge is -2.10. The Morgan fingerprint density at radius 2 is 2.11 bits per heavy atom. The number of aromatic nitrogens is 1. The van der Waals surface area contributed by atoms with E-state index in [2.05, 4.69) is 30.1 Å². The smallest absolute Gasteiger partial charge is 0.256 e. The maximum Gasteiger partial charge on any atom is 0.256 e. The normalized spacial score (nSPS) is 12.7. The van der Waals surface area contributed by atoms with Gasteiger partial charge in [0, 0.05) is 11.8 Å². The minimum Gasteiger partial charge on any atom is -0.437 e. The molecule has 1 aromatic carbocycles. The van der Waals surface area contributed by atoms with Crippen molar-refractivity contribution in [2.45, 2.75) is 32.0 Å². The Bertz CT molecular complexity index is 517. The van der Waals surface area contributed by atoms with Gasteiger partial charge in [0.05, 0.1) is 5.69 Å². The summed E-state index contributed by atoms with van der Waals surface area (Å²) in [5.74, 6) is 1.64. The third kappa shape index (κ3) is 3.15. The van der Waals surface area contributed by atoms with Gasteiger partial charge in [-0.2, -0.15) is 0 Å². The largest absolute Gasteiger partial charge is 0.437 e. The van der Waals surface area contributed by atoms with Crippen LogP contribution in [0, 0.1) is 20.8 Å². The highest BCUT2D eigenvalue weighted by Crippen LogP contribution is 2.24. The molecule has 2 aromatic rings. The van der Waals surface area contributed by atoms with Gasteiger partial charge in [0.25, 0.3) is 5.22 Å². The van der Waals surface area contributed by atoms with Gasteiger partial charge < -0.3 is 10.2 Å². The summed E-state index contributed by atoms with van der Waals surface area (Å²) in [6.07, 6.45) is 0. The quantitative estimate of drug-likeness (QED) is 0.858. The van der Waals surface area contributed by atoms with Gasteiger partial charge in [0.1, 0.15) is 5.76 Å². The molecule has 0 spiro atoms. The second-order valence-electron chi connectivity index (χ2n) is 4.45. The number of rotatable bonds is 4. The van der Waals surface area contributed by atoms with Crippen LogP contribution in [0.15, 0.2) is 33.9 Å². The molecule has 0 aliphatic heterocycles. The van der Waals surface area contributed by atoms with Crippen molar-refractivity contribution in [3.05, 3.63) is 46.8 Å². The van der Waals surface area contributed by atoms with Gasteiger partial charge in [0.15, 0.2) is 0 Å². The molecule has 96 valence electrons. The highest BCUT2D eigenvalue weighted by Gasteiger charge is 2.11. The van der Waals surface area contributed by atoms with Crippen LogP contribution in [0.5, 0.6) is 0 Å². The molecule has 0 aliphatic rings. The Balaban J connectivity index is 1.98. The van der Waals surface area contributed by atoms with E-state index in [0.29, 0.717) is 5.22 Å². The van der Waals surface area contributed by atoms with Crippen LogP contribution in [0.25, 0.3) is 0 Å². The number of benzene rings is 1. The molecule has 1 aromatic heterocycles. The first-order valence-electron chi connectivity index (χ1n) is 5.95. The molecular weight excluding hydrogens is 244 g/mol. The average Bonchev–Trinajstić information content (AvgIpc) is 2.66. The van der Waals surface area contributed by atoms with Crippen LogP contribution in [-0.4, -0.2) is 10.7 Å². The Morgan fingerprint density at radius 1 is 1.33 bits per heavy atom. The van der Waals surface area contributed by atoms with Crippen LogP contribution in [0.4, 0.5) is 0 Å². The van der Waals surface area contributed by atoms with Crippen LogP contribution in [0.3, 0.4) is 0 Å². The van der Waals surface area contributed by atoms with Gasteiger partial charge in [-0.15, -0.1) is 0 Å². The fraction of sp³-hybridized carbons (Fsp3) is 0.357. The molecule has 2 rings (SSSR count). The third-order valence-corrected chi connectivity index (χ3v) is 3.81. The van der Waals surface area contributed by atoms with Crippen molar-refractivity contribution in [1.29, 1.82) is 0 Å². The predicted molar refractivity (Wildman–Crippen MR) is 74.8 cm³/mol. The van der Waals surface area contributed by atoms with Crippen LogP contribution in [0.2, 0.25) is 0 Å². The molecule has 0 fully saturated rings. The standard InChI is InChI=1S/C14H18N2OS/c1-9-5-4-6-12(7-9)13(15)8-18-14-16-10(2)11(3)17-14/h4-7,13H,8,15H2,1-3H3. The Morgan fingerprint density at radius 3 is 2.72 bits per heavy atom. The van der Waals surface area contributed by atoms with Gasteiger partial charge in [0.2, 0.25) is 0 Å². The second kappa shape index (κ2) is 5.59. The van der Waals surface area contributed by atoms with Crippen molar-refractivity contribution < 1.29 is 4.42 Å². The van der Waals surface area contributed by atoms with E-state index in [1.807, 2.05) is 19.9 Å². The van der Waals surface area contributed by atoms with Crippen LogP contribution < -0.4 is 5.73 Å². The van der Waals surface area contributed by atoms with Crippen LogP contribution >= 0.6 is 11.8 Å². The van der Waals surface area contributed by atoms with Gasteiger partial charge in [-0.25, -0.2) is 4.98 Å². The van der Waals surface area contributed by atoms with E-state index >= 15 is 0 Å². The fourth-order valence-electron chi connectivity index (χ4n) is 1.66. The van der Waals surface area contributed by atoms with E-state index in [1.54, 1.807) is 11.8 Å². The number of nitrogens with two attached hydrogens (primary N) is 1. The summed E-state index contributed by atoms with van der Waals surface area (Å²) in [4.78, 5) is 4.33. The molecule has 0 bridgehead atoms. The number of thioether (sulfide) groups is 1. The van der Waals surface area contributed by atoms with Crippen LogP contribution in [-0.2, 0) is 0 Å². The molecule has 3 nitrogen and oxygen atoms in total. The molecule has 4 heteroatoms. The summed E-state index contributed by atoms with van der Waals surface area (Å²) < 4.78 is 5.52. The second-order valence-corrected chi connectivity index (χ2v) is 5.42. The first-order chi connectivity index (χ1) is 8.56. The lowest BCUT2D eigenvalue weighted by molar-refractivity contribution is 0.431. The Hall–Kier alpha value is -1.26. The summed E-state index contributed by atoms with van der Waals surface area (Å²) >= 11 is 1.56. The topological polar surface area (TPSA) is 52.0 Å². The zero-order chi connectivity index (χ0) is 13.1. The zero-order valence-electron chi connectivity index (χ0n) is 10.9. The highest BCUT2D eigenvalue weighted by atomic mass is 32.2. The molecule has 0 radical (unpaired) electrons.